The highest BCUT2D eigenvalue weighted by Crippen LogP contribution is 2.38. The second-order valence-corrected chi connectivity index (χ2v) is 3.03. The van der Waals surface area contributed by atoms with Crippen molar-refractivity contribution in [1.29, 1.82) is 0 Å². The Hall–Kier alpha value is -0.390. The second-order valence-electron chi connectivity index (χ2n) is 3.03. The molecule has 1 saturated heterocycles. The van der Waals surface area contributed by atoms with Gasteiger partial charge in [0.1, 0.15) is 6.04 Å². The van der Waals surface area contributed by atoms with Crippen LogP contribution in [0.4, 0.5) is 22.0 Å². The third kappa shape index (κ3) is 1.85. The first-order valence-electron chi connectivity index (χ1n) is 3.37. The van der Waals surface area contributed by atoms with E-state index in [0.29, 0.717) is 4.90 Å². The predicted octanol–water partition coefficient (Wildman–Crippen LogP) is 1.89. The fourth-order valence-corrected chi connectivity index (χ4v) is 1.34. The first-order chi connectivity index (χ1) is 5.22. The van der Waals surface area contributed by atoms with E-state index in [1.165, 1.54) is 0 Å². The molecule has 0 aromatic heterocycles. The van der Waals surface area contributed by atoms with Crippen LogP contribution in [0.5, 0.6) is 0 Å². The summed E-state index contributed by atoms with van der Waals surface area (Å²) in [5.74, 6) is -3.20. The third-order valence-corrected chi connectivity index (χ3v) is 1.88. The van der Waals surface area contributed by atoms with E-state index in [1.807, 2.05) is 0 Å². The summed E-state index contributed by atoms with van der Waals surface area (Å²) in [5, 5.41) is 0. The van der Waals surface area contributed by atoms with Gasteiger partial charge in [0.2, 0.25) is 0 Å². The third-order valence-electron chi connectivity index (χ3n) is 1.88. The van der Waals surface area contributed by atoms with Gasteiger partial charge in [-0.3, -0.25) is 4.90 Å². The van der Waals surface area contributed by atoms with Gasteiger partial charge >= 0.3 is 6.18 Å². The Morgan fingerprint density at radius 3 is 2.00 bits per heavy atom. The standard InChI is InChI=1S/C6H8F5N/c1-12-3-5(7,8)2-4(12)6(9,10)11/h4H,2-3H2,1H3. The van der Waals surface area contributed by atoms with Crippen LogP contribution in [0.3, 0.4) is 0 Å². The Bertz CT molecular complexity index is 175. The highest BCUT2D eigenvalue weighted by atomic mass is 19.4. The Morgan fingerprint density at radius 1 is 1.33 bits per heavy atom. The molecular weight excluding hydrogens is 181 g/mol. The van der Waals surface area contributed by atoms with E-state index in [9.17, 15) is 22.0 Å². The summed E-state index contributed by atoms with van der Waals surface area (Å²) in [4.78, 5) is 0.639. The summed E-state index contributed by atoms with van der Waals surface area (Å²) in [6.45, 7) is -0.808. The molecular formula is C6H8F5N. The molecule has 1 fully saturated rings. The van der Waals surface area contributed by atoms with Gasteiger partial charge in [0.25, 0.3) is 5.92 Å². The molecule has 1 unspecified atom stereocenters. The topological polar surface area (TPSA) is 3.24 Å². The summed E-state index contributed by atoms with van der Waals surface area (Å²) in [6.07, 6.45) is -5.66. The van der Waals surface area contributed by atoms with E-state index in [-0.39, 0.29) is 0 Å². The maximum atomic E-state index is 12.4. The molecule has 12 heavy (non-hydrogen) atoms. The summed E-state index contributed by atoms with van der Waals surface area (Å²) in [7, 11) is 1.05. The Labute approximate surface area is 66.1 Å². The van der Waals surface area contributed by atoms with Crippen molar-refractivity contribution in [3.8, 4) is 0 Å². The van der Waals surface area contributed by atoms with Crippen LogP contribution in [-0.4, -0.2) is 36.6 Å². The van der Waals surface area contributed by atoms with Gasteiger partial charge in [-0.25, -0.2) is 8.78 Å². The van der Waals surface area contributed by atoms with E-state index >= 15 is 0 Å². The molecule has 1 atom stereocenters. The van der Waals surface area contributed by atoms with Gasteiger partial charge in [-0.15, -0.1) is 0 Å². The van der Waals surface area contributed by atoms with Crippen molar-refractivity contribution in [2.24, 2.45) is 0 Å². The summed E-state index contributed by atoms with van der Waals surface area (Å²) < 4.78 is 60.8. The van der Waals surface area contributed by atoms with Crippen LogP contribution in [0.2, 0.25) is 0 Å². The van der Waals surface area contributed by atoms with Crippen LogP contribution >= 0.6 is 0 Å². The van der Waals surface area contributed by atoms with Crippen molar-refractivity contribution in [2.45, 2.75) is 24.6 Å². The van der Waals surface area contributed by atoms with E-state index in [1.54, 1.807) is 0 Å². The molecule has 0 aromatic rings. The van der Waals surface area contributed by atoms with E-state index in [4.69, 9.17) is 0 Å². The SMILES string of the molecule is CN1CC(F)(F)CC1C(F)(F)F. The van der Waals surface area contributed by atoms with Crippen molar-refractivity contribution < 1.29 is 22.0 Å². The molecule has 6 heteroatoms. The number of alkyl halides is 5. The van der Waals surface area contributed by atoms with Gasteiger partial charge in [-0.1, -0.05) is 0 Å². The summed E-state index contributed by atoms with van der Waals surface area (Å²) in [6, 6.07) is -1.99. The molecule has 0 aliphatic carbocycles. The number of halogens is 5. The van der Waals surface area contributed by atoms with Crippen molar-refractivity contribution in [3.63, 3.8) is 0 Å². The quantitative estimate of drug-likeness (QED) is 0.526. The van der Waals surface area contributed by atoms with Gasteiger partial charge in [0.15, 0.2) is 0 Å². The zero-order valence-corrected chi connectivity index (χ0v) is 6.33. The molecule has 1 rings (SSSR count). The summed E-state index contributed by atoms with van der Waals surface area (Å²) in [5.41, 5.74) is 0. The maximum absolute atomic E-state index is 12.4. The van der Waals surface area contributed by atoms with E-state index in [0.717, 1.165) is 7.05 Å². The zero-order chi connectivity index (χ0) is 9.57. The highest BCUT2D eigenvalue weighted by Gasteiger charge is 2.54. The minimum atomic E-state index is -4.55. The van der Waals surface area contributed by atoms with Gasteiger partial charge < -0.3 is 0 Å². The Morgan fingerprint density at radius 2 is 1.83 bits per heavy atom. The lowest BCUT2D eigenvalue weighted by Crippen LogP contribution is -2.38. The molecule has 0 spiro atoms. The van der Waals surface area contributed by atoms with E-state index in [2.05, 4.69) is 0 Å². The molecule has 0 bridgehead atoms. The normalized spacial score (nSPS) is 31.0. The lowest BCUT2D eigenvalue weighted by atomic mass is 10.2. The number of nitrogens with zero attached hydrogens (tertiary/aromatic N) is 1. The number of hydrogen-bond acceptors (Lipinski definition) is 1. The van der Waals surface area contributed by atoms with Crippen LogP contribution in [0.15, 0.2) is 0 Å². The van der Waals surface area contributed by atoms with Gasteiger partial charge in [-0.05, 0) is 7.05 Å². The average Bonchev–Trinajstić information content (AvgIpc) is 2.03. The molecule has 1 aliphatic heterocycles. The van der Waals surface area contributed by atoms with Crippen molar-refractivity contribution in [3.05, 3.63) is 0 Å². The van der Waals surface area contributed by atoms with E-state index < -0.39 is 31.1 Å². The smallest absolute Gasteiger partial charge is 0.289 e. The lowest BCUT2D eigenvalue weighted by Gasteiger charge is -2.20. The molecule has 1 heterocycles. The van der Waals surface area contributed by atoms with Crippen LogP contribution < -0.4 is 0 Å². The highest BCUT2D eigenvalue weighted by molar-refractivity contribution is 4.92. The largest absolute Gasteiger partial charge is 0.404 e. The average molecular weight is 189 g/mol. The molecule has 72 valence electrons. The Kier molecular flexibility index (Phi) is 2.06. The molecule has 1 aliphatic rings. The first-order valence-corrected chi connectivity index (χ1v) is 3.37. The molecule has 1 nitrogen and oxygen atoms in total. The maximum Gasteiger partial charge on any atom is 0.404 e. The monoisotopic (exact) mass is 189 g/mol. The molecule has 0 N–H and O–H groups in total. The minimum absolute atomic E-state index is 0.639. The van der Waals surface area contributed by atoms with Crippen LogP contribution in [-0.2, 0) is 0 Å². The van der Waals surface area contributed by atoms with Crippen molar-refractivity contribution in [1.82, 2.24) is 4.90 Å². The fraction of sp³-hybridized carbons (Fsp3) is 1.00. The number of rotatable bonds is 0. The van der Waals surface area contributed by atoms with Gasteiger partial charge in [0.05, 0.1) is 6.54 Å². The van der Waals surface area contributed by atoms with Gasteiger partial charge in [-0.2, -0.15) is 13.2 Å². The second kappa shape index (κ2) is 2.55. The molecule has 0 radical (unpaired) electrons. The van der Waals surface area contributed by atoms with Crippen LogP contribution in [0.1, 0.15) is 6.42 Å². The molecule has 0 saturated carbocycles. The van der Waals surface area contributed by atoms with Crippen LogP contribution in [0, 0.1) is 0 Å². The van der Waals surface area contributed by atoms with Crippen molar-refractivity contribution in [2.75, 3.05) is 13.6 Å². The predicted molar refractivity (Wildman–Crippen MR) is 32.0 cm³/mol. The Balaban J connectivity index is 2.71. The van der Waals surface area contributed by atoms with Gasteiger partial charge in [0, 0.05) is 6.42 Å². The van der Waals surface area contributed by atoms with Crippen LogP contribution in [0.25, 0.3) is 0 Å². The lowest BCUT2D eigenvalue weighted by molar-refractivity contribution is -0.174. The van der Waals surface area contributed by atoms with Crippen molar-refractivity contribution >= 4 is 0 Å². The number of likely N-dealkylation sites (tertiary alicyclic amines) is 1. The first kappa shape index (κ1) is 9.70. The minimum Gasteiger partial charge on any atom is -0.289 e. The molecule has 0 aromatic carbocycles. The zero-order valence-electron chi connectivity index (χ0n) is 6.33. The fourth-order valence-electron chi connectivity index (χ4n) is 1.34. The summed E-state index contributed by atoms with van der Waals surface area (Å²) >= 11 is 0. The number of hydrogen-bond donors (Lipinski definition) is 0. The molecule has 0 amide bonds.